The number of nitrogens with one attached hydrogen (secondary N) is 1. The van der Waals surface area contributed by atoms with E-state index in [2.05, 4.69) is 27.7 Å². The molecule has 6 heteroatoms. The van der Waals surface area contributed by atoms with Crippen LogP contribution >= 0.6 is 0 Å². The molecule has 2 rings (SSSR count). The van der Waals surface area contributed by atoms with Gasteiger partial charge in [-0.1, -0.05) is 38.1 Å². The molecule has 1 atom stereocenters. The van der Waals surface area contributed by atoms with Crippen LogP contribution in [-0.4, -0.2) is 32.2 Å². The highest BCUT2D eigenvalue weighted by molar-refractivity contribution is 5.75. The second-order valence-corrected chi connectivity index (χ2v) is 5.07. The van der Waals surface area contributed by atoms with Crippen LogP contribution in [0.2, 0.25) is 0 Å². The van der Waals surface area contributed by atoms with Gasteiger partial charge in [0.05, 0.1) is 0 Å². The summed E-state index contributed by atoms with van der Waals surface area (Å²) in [6, 6.07) is 8.19. The number of rotatable bonds is 6. The number of carbonyl (C=O) groups excluding carboxylic acids is 1. The Labute approximate surface area is 124 Å². The highest BCUT2D eigenvalue weighted by Crippen LogP contribution is 2.14. The molecule has 21 heavy (non-hydrogen) atoms. The fourth-order valence-electron chi connectivity index (χ4n) is 1.87. The minimum atomic E-state index is -0.102. The number of hydrogen-bond acceptors (Lipinski definition) is 4. The zero-order valence-electron chi connectivity index (χ0n) is 12.7. The normalized spacial score (nSPS) is 12.1. The van der Waals surface area contributed by atoms with Crippen molar-refractivity contribution >= 4 is 5.91 Å². The summed E-state index contributed by atoms with van der Waals surface area (Å²) < 4.78 is 0. The molecule has 1 N–H and O–H groups in total. The van der Waals surface area contributed by atoms with Crippen LogP contribution in [0, 0.1) is 0 Å². The van der Waals surface area contributed by atoms with Gasteiger partial charge >= 0.3 is 0 Å². The number of aromatic nitrogens is 4. The Morgan fingerprint density at radius 2 is 2.00 bits per heavy atom. The molecule has 0 spiro atoms. The van der Waals surface area contributed by atoms with Gasteiger partial charge in [-0.25, -0.2) is 0 Å². The van der Waals surface area contributed by atoms with Crippen LogP contribution in [0.1, 0.15) is 32.8 Å². The highest BCUT2D eigenvalue weighted by atomic mass is 16.2. The average Bonchev–Trinajstić information content (AvgIpc) is 2.95. The second-order valence-electron chi connectivity index (χ2n) is 5.07. The molecular weight excluding hydrogens is 266 g/mol. The minimum absolute atomic E-state index is 0.0877. The Bertz CT molecular complexity index is 590. The van der Waals surface area contributed by atoms with E-state index in [1.807, 2.05) is 38.1 Å². The first-order valence-corrected chi connectivity index (χ1v) is 7.28. The maximum atomic E-state index is 11.8. The molecule has 112 valence electrons. The number of tetrazole rings is 1. The van der Waals surface area contributed by atoms with Crippen LogP contribution < -0.4 is 5.32 Å². The van der Waals surface area contributed by atoms with Gasteiger partial charge in [0.25, 0.3) is 0 Å². The fraction of sp³-hybridized carbons (Fsp3) is 0.467. The van der Waals surface area contributed by atoms with E-state index in [-0.39, 0.29) is 18.5 Å². The topological polar surface area (TPSA) is 72.7 Å². The van der Waals surface area contributed by atoms with E-state index in [1.165, 1.54) is 10.4 Å². The van der Waals surface area contributed by atoms with Crippen molar-refractivity contribution in [2.75, 3.05) is 0 Å². The molecule has 1 amide bonds. The second kappa shape index (κ2) is 6.97. The maximum Gasteiger partial charge on any atom is 0.243 e. The molecule has 2 aromatic rings. The first-order valence-electron chi connectivity index (χ1n) is 7.28. The lowest BCUT2D eigenvalue weighted by Gasteiger charge is -2.10. The summed E-state index contributed by atoms with van der Waals surface area (Å²) in [6.45, 7) is 6.19. The molecule has 0 saturated heterocycles. The van der Waals surface area contributed by atoms with E-state index in [0.29, 0.717) is 5.82 Å². The van der Waals surface area contributed by atoms with Crippen molar-refractivity contribution in [3.05, 3.63) is 29.8 Å². The number of nitrogens with zero attached hydrogens (tertiary/aromatic N) is 4. The summed E-state index contributed by atoms with van der Waals surface area (Å²) in [7, 11) is 0. The summed E-state index contributed by atoms with van der Waals surface area (Å²) in [6.07, 6.45) is 1.89. The van der Waals surface area contributed by atoms with Crippen molar-refractivity contribution in [1.82, 2.24) is 25.5 Å². The van der Waals surface area contributed by atoms with E-state index in [0.717, 1.165) is 18.4 Å². The highest BCUT2D eigenvalue weighted by Gasteiger charge is 2.10. The first kappa shape index (κ1) is 15.2. The van der Waals surface area contributed by atoms with Gasteiger partial charge in [-0.3, -0.25) is 4.79 Å². The van der Waals surface area contributed by atoms with E-state index in [9.17, 15) is 4.79 Å². The molecule has 1 aromatic carbocycles. The third-order valence-electron chi connectivity index (χ3n) is 3.38. The quantitative estimate of drug-likeness (QED) is 0.879. The predicted octanol–water partition coefficient (Wildman–Crippen LogP) is 1.82. The van der Waals surface area contributed by atoms with Gasteiger partial charge in [0.15, 0.2) is 0 Å². The molecular formula is C15H21N5O. The van der Waals surface area contributed by atoms with Crippen LogP contribution in [0.5, 0.6) is 0 Å². The SMILES string of the molecule is CCc1ccc(-c2nnn(CC(=O)N[C@@H](C)CC)n2)cc1. The summed E-state index contributed by atoms with van der Waals surface area (Å²) in [5.41, 5.74) is 2.17. The number of benzene rings is 1. The molecule has 0 unspecified atom stereocenters. The van der Waals surface area contributed by atoms with Crippen molar-refractivity contribution in [1.29, 1.82) is 0 Å². The first-order chi connectivity index (χ1) is 10.1. The van der Waals surface area contributed by atoms with Gasteiger partial charge in [-0.05, 0) is 30.5 Å². The zero-order valence-corrected chi connectivity index (χ0v) is 12.7. The van der Waals surface area contributed by atoms with E-state index < -0.39 is 0 Å². The summed E-state index contributed by atoms with van der Waals surface area (Å²) in [5, 5.41) is 15.0. The van der Waals surface area contributed by atoms with Crippen LogP contribution in [-0.2, 0) is 17.8 Å². The standard InChI is InChI=1S/C15H21N5O/c1-4-11(3)16-14(21)10-20-18-15(17-19-20)13-8-6-12(5-2)7-9-13/h6-9,11H,4-5,10H2,1-3H3,(H,16,21)/t11-/m0/s1. The van der Waals surface area contributed by atoms with Crippen LogP contribution in [0.3, 0.4) is 0 Å². The number of carbonyl (C=O) groups is 1. The maximum absolute atomic E-state index is 11.8. The molecule has 0 aliphatic rings. The van der Waals surface area contributed by atoms with Crippen LogP contribution in [0.15, 0.2) is 24.3 Å². The van der Waals surface area contributed by atoms with Gasteiger partial charge in [0.1, 0.15) is 6.54 Å². The number of aryl methyl sites for hydroxylation is 1. The van der Waals surface area contributed by atoms with E-state index >= 15 is 0 Å². The van der Waals surface area contributed by atoms with Crippen molar-refractivity contribution in [3.63, 3.8) is 0 Å². The number of amides is 1. The third kappa shape index (κ3) is 4.11. The molecule has 6 nitrogen and oxygen atoms in total. The minimum Gasteiger partial charge on any atom is -0.352 e. The monoisotopic (exact) mass is 287 g/mol. The third-order valence-corrected chi connectivity index (χ3v) is 3.38. The molecule has 0 bridgehead atoms. The van der Waals surface area contributed by atoms with Gasteiger partial charge in [0, 0.05) is 11.6 Å². The van der Waals surface area contributed by atoms with Crippen molar-refractivity contribution in [3.8, 4) is 11.4 Å². The summed E-state index contributed by atoms with van der Waals surface area (Å²) in [5.74, 6) is 0.434. The Hall–Kier alpha value is -2.24. The zero-order chi connectivity index (χ0) is 15.2. The van der Waals surface area contributed by atoms with Gasteiger partial charge in [0.2, 0.25) is 11.7 Å². The van der Waals surface area contributed by atoms with Gasteiger partial charge in [-0.15, -0.1) is 10.2 Å². The van der Waals surface area contributed by atoms with E-state index in [1.54, 1.807) is 0 Å². The molecule has 1 aromatic heterocycles. The lowest BCUT2D eigenvalue weighted by Crippen LogP contribution is -2.35. The largest absolute Gasteiger partial charge is 0.352 e. The predicted molar refractivity (Wildman–Crippen MR) is 80.5 cm³/mol. The molecule has 0 radical (unpaired) electrons. The lowest BCUT2D eigenvalue weighted by atomic mass is 10.1. The van der Waals surface area contributed by atoms with Crippen molar-refractivity contribution < 1.29 is 4.79 Å². The Morgan fingerprint density at radius 1 is 1.29 bits per heavy atom. The Morgan fingerprint density at radius 3 is 2.62 bits per heavy atom. The van der Waals surface area contributed by atoms with Crippen molar-refractivity contribution in [2.24, 2.45) is 0 Å². The van der Waals surface area contributed by atoms with Crippen molar-refractivity contribution in [2.45, 2.75) is 46.2 Å². The summed E-state index contributed by atoms with van der Waals surface area (Å²) >= 11 is 0. The summed E-state index contributed by atoms with van der Waals surface area (Å²) in [4.78, 5) is 13.1. The van der Waals surface area contributed by atoms with Crippen LogP contribution in [0.4, 0.5) is 0 Å². The molecule has 1 heterocycles. The van der Waals surface area contributed by atoms with Gasteiger partial charge < -0.3 is 5.32 Å². The Kier molecular flexibility index (Phi) is 5.03. The van der Waals surface area contributed by atoms with Crippen LogP contribution in [0.25, 0.3) is 11.4 Å². The molecule has 0 fully saturated rings. The molecule has 0 aliphatic carbocycles. The number of hydrogen-bond donors (Lipinski definition) is 1. The van der Waals surface area contributed by atoms with Gasteiger partial charge in [-0.2, -0.15) is 4.80 Å². The van der Waals surface area contributed by atoms with E-state index in [4.69, 9.17) is 0 Å². The molecule has 0 aliphatic heterocycles. The molecule has 0 saturated carbocycles. The Balaban J connectivity index is 2.02. The smallest absolute Gasteiger partial charge is 0.243 e. The lowest BCUT2D eigenvalue weighted by molar-refractivity contribution is -0.122. The average molecular weight is 287 g/mol. The fourth-order valence-corrected chi connectivity index (χ4v) is 1.87.